The van der Waals surface area contributed by atoms with Gasteiger partial charge in [0.15, 0.2) is 17.4 Å². The number of nitrogens with zero attached hydrogens (tertiary/aromatic N) is 2. The van der Waals surface area contributed by atoms with Gasteiger partial charge in [0.25, 0.3) is 0 Å². The zero-order valence-corrected chi connectivity index (χ0v) is 18.5. The predicted molar refractivity (Wildman–Crippen MR) is 123 cm³/mol. The van der Waals surface area contributed by atoms with E-state index in [1.165, 1.54) is 6.07 Å². The highest BCUT2D eigenvalue weighted by atomic mass is 19.2. The largest absolute Gasteiger partial charge is 0.490 e. The van der Waals surface area contributed by atoms with Gasteiger partial charge in [-0.1, -0.05) is 43.3 Å². The lowest BCUT2D eigenvalue weighted by Gasteiger charge is -2.09. The fraction of sp³-hybridized carbons (Fsp3) is 0.259. The summed E-state index contributed by atoms with van der Waals surface area (Å²) in [5.74, 6) is -0.631. The maximum Gasteiger partial charge on any atom is 0.159 e. The van der Waals surface area contributed by atoms with Gasteiger partial charge in [0, 0.05) is 11.8 Å². The zero-order valence-electron chi connectivity index (χ0n) is 18.5. The minimum absolute atomic E-state index is 0.271. The van der Waals surface area contributed by atoms with Crippen molar-refractivity contribution >= 4 is 10.8 Å². The van der Waals surface area contributed by atoms with Crippen molar-refractivity contribution < 1.29 is 17.9 Å². The van der Waals surface area contributed by atoms with Gasteiger partial charge >= 0.3 is 0 Å². The first-order chi connectivity index (χ1) is 16.0. The molecule has 0 saturated heterocycles. The van der Waals surface area contributed by atoms with E-state index in [1.807, 2.05) is 25.1 Å². The van der Waals surface area contributed by atoms with Gasteiger partial charge < -0.3 is 4.74 Å². The summed E-state index contributed by atoms with van der Waals surface area (Å²) in [4.78, 5) is 8.70. The van der Waals surface area contributed by atoms with Crippen molar-refractivity contribution in [3.63, 3.8) is 0 Å². The summed E-state index contributed by atoms with van der Waals surface area (Å²) >= 11 is 0. The van der Waals surface area contributed by atoms with Crippen molar-refractivity contribution in [1.29, 1.82) is 0 Å². The second-order valence-corrected chi connectivity index (χ2v) is 8.03. The Morgan fingerprint density at radius 2 is 1.48 bits per heavy atom. The molecule has 0 N–H and O–H groups in total. The van der Waals surface area contributed by atoms with Crippen LogP contribution >= 0.6 is 0 Å². The molecule has 0 amide bonds. The molecule has 1 aromatic heterocycles. The highest BCUT2D eigenvalue weighted by Gasteiger charge is 2.10. The molecule has 0 radical (unpaired) electrons. The highest BCUT2D eigenvalue weighted by Crippen LogP contribution is 2.24. The van der Waals surface area contributed by atoms with Crippen LogP contribution in [0.4, 0.5) is 13.2 Å². The quantitative estimate of drug-likeness (QED) is 0.296. The van der Waals surface area contributed by atoms with Crippen LogP contribution in [0.5, 0.6) is 5.75 Å². The van der Waals surface area contributed by atoms with E-state index in [2.05, 4.69) is 9.97 Å². The van der Waals surface area contributed by atoms with Crippen LogP contribution in [0, 0.1) is 17.5 Å². The molecule has 33 heavy (non-hydrogen) atoms. The lowest BCUT2D eigenvalue weighted by molar-refractivity contribution is 0.314. The number of aromatic nitrogens is 2. The number of hydrogen-bond acceptors (Lipinski definition) is 3. The fourth-order valence-corrected chi connectivity index (χ4v) is 3.73. The minimum atomic E-state index is -0.884. The maximum absolute atomic E-state index is 15.1. The average molecular weight is 451 g/mol. The van der Waals surface area contributed by atoms with Crippen molar-refractivity contribution in [1.82, 2.24) is 9.97 Å². The van der Waals surface area contributed by atoms with Crippen LogP contribution in [0.15, 0.2) is 60.9 Å². The van der Waals surface area contributed by atoms with Crippen LogP contribution in [0.1, 0.15) is 35.9 Å². The summed E-state index contributed by atoms with van der Waals surface area (Å²) in [5.41, 5.74) is 2.26. The van der Waals surface area contributed by atoms with Gasteiger partial charge in [-0.2, -0.15) is 0 Å². The van der Waals surface area contributed by atoms with Crippen LogP contribution in [0.2, 0.25) is 0 Å². The predicted octanol–water partition coefficient (Wildman–Crippen LogP) is 6.41. The first kappa shape index (κ1) is 22.8. The number of rotatable bonds is 9. The van der Waals surface area contributed by atoms with Crippen molar-refractivity contribution in [2.45, 2.75) is 39.0 Å². The lowest BCUT2D eigenvalue weighted by Crippen LogP contribution is -2.01. The first-order valence-corrected chi connectivity index (χ1v) is 11.1. The van der Waals surface area contributed by atoms with Crippen LogP contribution < -0.4 is 4.74 Å². The first-order valence-electron chi connectivity index (χ1n) is 11.1. The number of hydrogen-bond donors (Lipinski definition) is 0. The molecule has 4 aromatic rings. The molecular weight excluding hydrogens is 425 g/mol. The molecule has 4 rings (SSSR count). The molecule has 0 atom stereocenters. The Morgan fingerprint density at radius 1 is 0.758 bits per heavy atom. The third-order valence-corrected chi connectivity index (χ3v) is 5.56. The summed E-state index contributed by atoms with van der Waals surface area (Å²) in [5, 5.41) is 1.38. The third kappa shape index (κ3) is 5.69. The van der Waals surface area contributed by atoms with Gasteiger partial charge in [-0.05, 0) is 59.9 Å². The van der Waals surface area contributed by atoms with Gasteiger partial charge in [0.1, 0.15) is 11.6 Å². The van der Waals surface area contributed by atoms with Crippen molar-refractivity contribution in [2.75, 3.05) is 6.61 Å². The van der Waals surface area contributed by atoms with Crippen LogP contribution in [0.25, 0.3) is 10.8 Å². The molecule has 0 unspecified atom stereocenters. The van der Waals surface area contributed by atoms with E-state index in [1.54, 1.807) is 24.5 Å². The number of fused-ring (bicyclic) bond motifs is 1. The van der Waals surface area contributed by atoms with Crippen LogP contribution in [0.3, 0.4) is 0 Å². The Labute approximate surface area is 191 Å². The van der Waals surface area contributed by atoms with Crippen molar-refractivity contribution in [3.8, 4) is 5.75 Å². The van der Waals surface area contributed by atoms with Crippen LogP contribution in [-0.2, 0) is 25.7 Å². The smallest absolute Gasteiger partial charge is 0.159 e. The van der Waals surface area contributed by atoms with Gasteiger partial charge in [-0.25, -0.2) is 23.1 Å². The minimum Gasteiger partial charge on any atom is -0.490 e. The molecule has 3 nitrogen and oxygen atoms in total. The Bertz CT molecular complexity index is 1240. The number of halogens is 3. The maximum atomic E-state index is 15.1. The Balaban J connectivity index is 1.41. The van der Waals surface area contributed by atoms with E-state index in [0.717, 1.165) is 41.7 Å². The van der Waals surface area contributed by atoms with Crippen LogP contribution in [-0.4, -0.2) is 16.6 Å². The summed E-state index contributed by atoms with van der Waals surface area (Å²) in [6, 6.07) is 13.2. The van der Waals surface area contributed by atoms with Gasteiger partial charge in [0.2, 0.25) is 0 Å². The molecule has 0 fully saturated rings. The van der Waals surface area contributed by atoms with Gasteiger partial charge in [-0.3, -0.25) is 0 Å². The zero-order chi connectivity index (χ0) is 23.2. The standard InChI is InChI=1S/C27H25F3N2O/c1-2-13-33-22-16-31-26(32-17-22)12-6-18-4-10-23-21(14-18)9-8-20(27(23)30)7-3-19-5-11-24(28)25(29)15-19/h4-5,8-11,14-17H,2-3,6-7,12-13H2,1H3. The molecule has 6 heteroatoms. The number of ether oxygens (including phenoxy) is 1. The fourth-order valence-electron chi connectivity index (χ4n) is 3.73. The highest BCUT2D eigenvalue weighted by molar-refractivity contribution is 5.84. The van der Waals surface area contributed by atoms with E-state index < -0.39 is 11.6 Å². The van der Waals surface area contributed by atoms with E-state index in [0.29, 0.717) is 48.1 Å². The summed E-state index contributed by atoms with van der Waals surface area (Å²) in [6.07, 6.45) is 6.56. The molecular formula is C27H25F3N2O. The molecule has 0 spiro atoms. The Morgan fingerprint density at radius 3 is 2.24 bits per heavy atom. The van der Waals surface area contributed by atoms with E-state index in [4.69, 9.17) is 4.74 Å². The molecule has 3 aromatic carbocycles. The van der Waals surface area contributed by atoms with E-state index in [9.17, 15) is 8.78 Å². The van der Waals surface area contributed by atoms with Crippen molar-refractivity contribution in [3.05, 3.63) is 101 Å². The number of aryl methyl sites for hydroxylation is 4. The van der Waals surface area contributed by atoms with E-state index in [-0.39, 0.29) is 5.82 Å². The molecule has 0 aliphatic heterocycles. The second-order valence-electron chi connectivity index (χ2n) is 8.03. The summed E-state index contributed by atoms with van der Waals surface area (Å²) in [6.45, 7) is 2.69. The summed E-state index contributed by atoms with van der Waals surface area (Å²) in [7, 11) is 0. The average Bonchev–Trinajstić information content (AvgIpc) is 2.83. The van der Waals surface area contributed by atoms with E-state index >= 15 is 4.39 Å². The topological polar surface area (TPSA) is 35.0 Å². The normalized spacial score (nSPS) is 11.2. The summed E-state index contributed by atoms with van der Waals surface area (Å²) < 4.78 is 47.1. The molecule has 0 aliphatic rings. The third-order valence-electron chi connectivity index (χ3n) is 5.56. The Kier molecular flexibility index (Phi) is 7.23. The monoisotopic (exact) mass is 450 g/mol. The van der Waals surface area contributed by atoms with Crippen molar-refractivity contribution in [2.24, 2.45) is 0 Å². The number of benzene rings is 3. The molecule has 1 heterocycles. The second kappa shape index (κ2) is 10.5. The molecule has 170 valence electrons. The lowest BCUT2D eigenvalue weighted by atomic mass is 9.98. The SMILES string of the molecule is CCCOc1cnc(CCc2ccc3c(F)c(CCc4ccc(F)c(F)c4)ccc3c2)nc1. The van der Waals surface area contributed by atoms with Gasteiger partial charge in [-0.15, -0.1) is 0 Å². The molecule has 0 aliphatic carbocycles. The Hall–Kier alpha value is -3.41. The molecule has 0 bridgehead atoms. The van der Waals surface area contributed by atoms with Gasteiger partial charge in [0.05, 0.1) is 19.0 Å². The molecule has 0 saturated carbocycles.